The van der Waals surface area contributed by atoms with Gasteiger partial charge in [0.1, 0.15) is 11.9 Å². The molecule has 0 unspecified atom stereocenters. The quantitative estimate of drug-likeness (QED) is 0.622. The fraction of sp³-hybridized carbons (Fsp3) is 0.308. The number of nitrogens with zero attached hydrogens (tertiary/aromatic N) is 4. The number of amides is 1. The largest absolute Gasteiger partial charge is 0.386 e. The van der Waals surface area contributed by atoms with E-state index in [0.29, 0.717) is 41.6 Å². The fourth-order valence-electron chi connectivity index (χ4n) is 4.27. The molecule has 1 aromatic carbocycles. The van der Waals surface area contributed by atoms with Gasteiger partial charge in [0.15, 0.2) is 0 Å². The normalized spacial score (nSPS) is 16.6. The lowest BCUT2D eigenvalue weighted by Gasteiger charge is -2.45. The number of aromatic nitrogens is 2. The van der Waals surface area contributed by atoms with Crippen molar-refractivity contribution < 1.29 is 9.90 Å². The Hall–Kier alpha value is -3.76. The second kappa shape index (κ2) is 7.98. The van der Waals surface area contributed by atoms with E-state index in [1.807, 2.05) is 42.2 Å². The highest BCUT2D eigenvalue weighted by molar-refractivity contribution is 6.04. The first-order valence-electron chi connectivity index (χ1n) is 11.1. The Morgan fingerprint density at radius 2 is 2.00 bits per heavy atom. The maximum Gasteiger partial charge on any atom is 0.255 e. The van der Waals surface area contributed by atoms with Crippen LogP contribution in [0.5, 0.6) is 0 Å². The van der Waals surface area contributed by atoms with E-state index in [0.717, 1.165) is 35.2 Å². The lowest BCUT2D eigenvalue weighted by molar-refractivity contribution is 0.0305. The average Bonchev–Trinajstić information content (AvgIpc) is 3.64. The minimum Gasteiger partial charge on any atom is -0.386 e. The molecule has 166 valence electrons. The lowest BCUT2D eigenvalue weighted by Crippen LogP contribution is -2.60. The topological polar surface area (TPSA) is 102 Å². The summed E-state index contributed by atoms with van der Waals surface area (Å²) in [5.41, 5.74) is 4.67. The Kier molecular flexibility index (Phi) is 5.10. The van der Waals surface area contributed by atoms with Gasteiger partial charge in [-0.25, -0.2) is 4.98 Å². The molecular weight excluding hydrogens is 414 g/mol. The van der Waals surface area contributed by atoms with Crippen molar-refractivity contribution in [2.24, 2.45) is 0 Å². The highest BCUT2D eigenvalue weighted by Gasteiger charge is 2.38. The number of carbonyl (C=O) groups excluding carboxylic acids is 1. The van der Waals surface area contributed by atoms with Gasteiger partial charge in [-0.3, -0.25) is 9.78 Å². The monoisotopic (exact) mass is 439 g/mol. The van der Waals surface area contributed by atoms with Gasteiger partial charge in [-0.1, -0.05) is 6.07 Å². The summed E-state index contributed by atoms with van der Waals surface area (Å²) in [6.45, 7) is 4.65. The van der Waals surface area contributed by atoms with Crippen molar-refractivity contribution in [2.45, 2.75) is 38.2 Å². The first kappa shape index (κ1) is 21.1. The summed E-state index contributed by atoms with van der Waals surface area (Å²) in [5, 5.41) is 22.7. The molecule has 33 heavy (non-hydrogen) atoms. The van der Waals surface area contributed by atoms with E-state index >= 15 is 0 Å². The summed E-state index contributed by atoms with van der Waals surface area (Å²) in [5.74, 6) is 0.889. The smallest absolute Gasteiger partial charge is 0.255 e. The van der Waals surface area contributed by atoms with E-state index in [2.05, 4.69) is 21.4 Å². The SMILES string of the molecule is Cc1ccc(NC(=O)c2ccnc(C3CC3)c2)cc1-c1cnc(N2CC(C)(O)C2)c(C#N)c1. The molecule has 1 saturated heterocycles. The van der Waals surface area contributed by atoms with Gasteiger partial charge in [0.2, 0.25) is 0 Å². The summed E-state index contributed by atoms with van der Waals surface area (Å²) in [4.78, 5) is 23.6. The summed E-state index contributed by atoms with van der Waals surface area (Å²) >= 11 is 0. The second-order valence-electron chi connectivity index (χ2n) is 9.29. The number of anilines is 2. The van der Waals surface area contributed by atoms with Gasteiger partial charge in [0, 0.05) is 53.9 Å². The number of nitriles is 1. The van der Waals surface area contributed by atoms with Crippen LogP contribution < -0.4 is 10.2 Å². The molecule has 2 N–H and O–H groups in total. The number of pyridine rings is 2. The van der Waals surface area contributed by atoms with Crippen LogP contribution in [0.1, 0.15) is 52.9 Å². The summed E-state index contributed by atoms with van der Waals surface area (Å²) in [6.07, 6.45) is 5.70. The molecule has 1 saturated carbocycles. The van der Waals surface area contributed by atoms with Gasteiger partial charge >= 0.3 is 0 Å². The summed E-state index contributed by atoms with van der Waals surface area (Å²) < 4.78 is 0. The number of aliphatic hydroxyl groups is 1. The van der Waals surface area contributed by atoms with Crippen LogP contribution in [-0.2, 0) is 0 Å². The highest BCUT2D eigenvalue weighted by atomic mass is 16.3. The average molecular weight is 440 g/mol. The predicted molar refractivity (Wildman–Crippen MR) is 126 cm³/mol. The van der Waals surface area contributed by atoms with E-state index in [1.54, 1.807) is 25.4 Å². The first-order valence-corrected chi connectivity index (χ1v) is 11.1. The zero-order valence-corrected chi connectivity index (χ0v) is 18.7. The Balaban J connectivity index is 1.39. The van der Waals surface area contributed by atoms with Crippen LogP contribution in [0.25, 0.3) is 11.1 Å². The Labute approximate surface area is 192 Å². The maximum atomic E-state index is 12.8. The van der Waals surface area contributed by atoms with Gasteiger partial charge < -0.3 is 15.3 Å². The number of hydrogen-bond donors (Lipinski definition) is 2. The molecule has 7 heteroatoms. The van der Waals surface area contributed by atoms with Crippen molar-refractivity contribution in [3.05, 3.63) is 71.2 Å². The van der Waals surface area contributed by atoms with Crippen molar-refractivity contribution in [3.63, 3.8) is 0 Å². The van der Waals surface area contributed by atoms with Crippen LogP contribution in [0.15, 0.2) is 48.8 Å². The standard InChI is InChI=1S/C26H25N5O2/c1-16-3-6-21(30-25(32)18-7-8-28-23(10-18)17-4-5-17)11-22(16)20-9-19(12-27)24(29-13-20)31-14-26(2,33)15-31/h3,6-11,13,17,33H,4-5,14-15H2,1-2H3,(H,30,32). The first-order chi connectivity index (χ1) is 15.8. The van der Waals surface area contributed by atoms with Gasteiger partial charge in [0.05, 0.1) is 11.2 Å². The minimum absolute atomic E-state index is 0.176. The number of rotatable bonds is 5. The number of nitrogens with one attached hydrogen (secondary N) is 1. The molecule has 0 bridgehead atoms. The molecule has 2 aromatic heterocycles. The van der Waals surface area contributed by atoms with Gasteiger partial charge in [-0.05, 0) is 68.1 Å². The van der Waals surface area contributed by atoms with Crippen molar-refractivity contribution in [2.75, 3.05) is 23.3 Å². The van der Waals surface area contributed by atoms with Gasteiger partial charge in [-0.2, -0.15) is 5.26 Å². The van der Waals surface area contributed by atoms with Crippen LogP contribution in [0, 0.1) is 18.3 Å². The molecular formula is C26H25N5O2. The maximum absolute atomic E-state index is 12.8. The molecule has 7 nitrogen and oxygen atoms in total. The Morgan fingerprint density at radius 3 is 2.70 bits per heavy atom. The van der Waals surface area contributed by atoms with Crippen LogP contribution in [0.4, 0.5) is 11.5 Å². The van der Waals surface area contributed by atoms with E-state index < -0.39 is 5.60 Å². The molecule has 1 amide bonds. The van der Waals surface area contributed by atoms with Crippen LogP contribution in [-0.4, -0.2) is 39.7 Å². The number of hydrogen-bond acceptors (Lipinski definition) is 6. The number of carbonyl (C=O) groups is 1. The zero-order valence-electron chi connectivity index (χ0n) is 18.7. The number of β-amino-alcohol motifs (C(OH)–C–C–N with tert-alkyl or cyclic N) is 1. The molecule has 0 radical (unpaired) electrons. The molecule has 2 aliphatic rings. The Morgan fingerprint density at radius 1 is 1.21 bits per heavy atom. The van der Waals surface area contributed by atoms with Crippen molar-refractivity contribution in [1.82, 2.24) is 9.97 Å². The third-order valence-electron chi connectivity index (χ3n) is 6.19. The molecule has 1 aliphatic carbocycles. The molecule has 1 aliphatic heterocycles. The van der Waals surface area contributed by atoms with E-state index in [9.17, 15) is 15.2 Å². The fourth-order valence-corrected chi connectivity index (χ4v) is 4.27. The Bertz CT molecular complexity index is 1280. The molecule has 0 atom stereocenters. The van der Waals surface area contributed by atoms with Crippen LogP contribution in [0.3, 0.4) is 0 Å². The van der Waals surface area contributed by atoms with Crippen molar-refractivity contribution >= 4 is 17.4 Å². The number of benzene rings is 1. The number of aryl methyl sites for hydroxylation is 1. The second-order valence-corrected chi connectivity index (χ2v) is 9.29. The molecule has 5 rings (SSSR count). The van der Waals surface area contributed by atoms with Crippen molar-refractivity contribution in [3.8, 4) is 17.2 Å². The molecule has 3 aromatic rings. The van der Waals surface area contributed by atoms with E-state index in [-0.39, 0.29) is 5.91 Å². The summed E-state index contributed by atoms with van der Waals surface area (Å²) in [7, 11) is 0. The zero-order chi connectivity index (χ0) is 23.2. The summed E-state index contributed by atoms with van der Waals surface area (Å²) in [6, 6.07) is 13.4. The third-order valence-corrected chi connectivity index (χ3v) is 6.19. The molecule has 0 spiro atoms. The van der Waals surface area contributed by atoms with Gasteiger partial charge in [-0.15, -0.1) is 0 Å². The lowest BCUT2D eigenvalue weighted by atomic mass is 9.95. The third kappa shape index (κ3) is 4.30. The van der Waals surface area contributed by atoms with Crippen LogP contribution >= 0.6 is 0 Å². The minimum atomic E-state index is -0.746. The van der Waals surface area contributed by atoms with Crippen LogP contribution in [0.2, 0.25) is 0 Å². The molecule has 3 heterocycles. The van der Waals surface area contributed by atoms with Gasteiger partial charge in [0.25, 0.3) is 5.91 Å². The van der Waals surface area contributed by atoms with Crippen molar-refractivity contribution in [1.29, 1.82) is 5.26 Å². The highest BCUT2D eigenvalue weighted by Crippen LogP contribution is 2.39. The molecule has 2 fully saturated rings. The predicted octanol–water partition coefficient (Wildman–Crippen LogP) is 4.02. The van der Waals surface area contributed by atoms with E-state index in [4.69, 9.17) is 0 Å². The van der Waals surface area contributed by atoms with E-state index in [1.165, 1.54) is 0 Å².